The van der Waals surface area contributed by atoms with Crippen molar-refractivity contribution < 1.29 is 31.3 Å². The summed E-state index contributed by atoms with van der Waals surface area (Å²) in [6.07, 6.45) is -5.93. The Morgan fingerprint density at radius 2 is 1.94 bits per heavy atom. The summed E-state index contributed by atoms with van der Waals surface area (Å²) in [6.45, 7) is 6.29. The molecule has 3 atom stereocenters. The van der Waals surface area contributed by atoms with Crippen LogP contribution in [0.2, 0.25) is 0 Å². The van der Waals surface area contributed by atoms with Crippen molar-refractivity contribution in [1.29, 1.82) is 0 Å². The lowest BCUT2D eigenvalue weighted by molar-refractivity contribution is -0.147. The second-order valence-electron chi connectivity index (χ2n) is 8.97. The van der Waals surface area contributed by atoms with Crippen molar-refractivity contribution in [1.82, 2.24) is 9.62 Å². The molecule has 0 saturated heterocycles. The number of rotatable bonds is 1. The minimum Gasteiger partial charge on any atom is -0.444 e. The number of fused-ring (bicyclic) bond motifs is 1. The third kappa shape index (κ3) is 5.16. The zero-order chi connectivity index (χ0) is 23.9. The van der Waals surface area contributed by atoms with Gasteiger partial charge in [-0.05, 0) is 46.6 Å². The van der Waals surface area contributed by atoms with E-state index in [0.717, 1.165) is 4.31 Å². The van der Waals surface area contributed by atoms with Gasteiger partial charge in [0, 0.05) is 12.1 Å². The number of ether oxygens (including phenoxy) is 1. The molecule has 0 aliphatic carbocycles. The minimum atomic E-state index is -4.68. The molecule has 2 aliphatic heterocycles. The summed E-state index contributed by atoms with van der Waals surface area (Å²) in [5.41, 5.74) is -2.36. The van der Waals surface area contributed by atoms with E-state index < -0.39 is 50.9 Å². The lowest BCUT2D eigenvalue weighted by Gasteiger charge is -2.39. The van der Waals surface area contributed by atoms with Crippen LogP contribution >= 0.6 is 0 Å². The van der Waals surface area contributed by atoms with E-state index in [4.69, 9.17) is 4.74 Å². The largest absolute Gasteiger partial charge is 0.444 e. The number of halogens is 4. The maximum Gasteiger partial charge on any atom is 0.414 e. The van der Waals surface area contributed by atoms with Gasteiger partial charge >= 0.3 is 12.3 Å². The van der Waals surface area contributed by atoms with Crippen LogP contribution < -0.4 is 5.32 Å². The minimum absolute atomic E-state index is 0.0239. The Morgan fingerprint density at radius 1 is 1.28 bits per heavy atom. The van der Waals surface area contributed by atoms with Gasteiger partial charge in [0.1, 0.15) is 26.9 Å². The molecule has 0 fully saturated rings. The molecule has 1 amide bonds. The standard InChI is InChI=1S/C20H26F4N4O3S/c1-18(2,3)31-17(29)25-16-26-19(4,13-8-5-6-9-14(13)21)12-32(30)27-15(20(22,23)24)10-7-11-28(16)32/h5-6,8-9,15H,7,10-12H2,1-4H3,(H,25,26,29)/t15-,19-,32?/m0/s1. The van der Waals surface area contributed by atoms with E-state index in [1.54, 1.807) is 26.8 Å². The number of nitrogens with one attached hydrogen (secondary N) is 1. The van der Waals surface area contributed by atoms with E-state index in [2.05, 4.69) is 14.7 Å². The van der Waals surface area contributed by atoms with Crippen molar-refractivity contribution in [2.24, 2.45) is 9.36 Å². The first kappa shape index (κ1) is 24.3. The number of alkyl halides is 3. The molecule has 0 bridgehead atoms. The summed E-state index contributed by atoms with van der Waals surface area (Å²) >= 11 is 0. The molecule has 3 rings (SSSR count). The molecular formula is C20H26F4N4O3S. The zero-order valence-electron chi connectivity index (χ0n) is 18.2. The molecule has 0 aromatic heterocycles. The average molecular weight is 479 g/mol. The van der Waals surface area contributed by atoms with Gasteiger partial charge in [0.15, 0.2) is 6.04 Å². The van der Waals surface area contributed by atoms with Crippen LogP contribution in [0.15, 0.2) is 33.6 Å². The molecule has 0 saturated carbocycles. The first-order chi connectivity index (χ1) is 14.6. The summed E-state index contributed by atoms with van der Waals surface area (Å²) in [4.78, 5) is 16.9. The maximum absolute atomic E-state index is 14.6. The Morgan fingerprint density at radius 3 is 2.53 bits per heavy atom. The van der Waals surface area contributed by atoms with E-state index in [1.807, 2.05) is 0 Å². The Bertz CT molecular complexity index is 1040. The van der Waals surface area contributed by atoms with Gasteiger partial charge in [-0.2, -0.15) is 13.2 Å². The van der Waals surface area contributed by atoms with Crippen LogP contribution in [-0.2, 0) is 20.2 Å². The number of nitrogens with zero attached hydrogens (tertiary/aromatic N) is 3. The second kappa shape index (κ2) is 8.20. The third-order valence-corrected chi connectivity index (χ3v) is 7.54. The average Bonchev–Trinajstić information content (AvgIpc) is 2.78. The van der Waals surface area contributed by atoms with E-state index in [0.29, 0.717) is 0 Å². The van der Waals surface area contributed by atoms with Gasteiger partial charge in [0.05, 0.1) is 5.75 Å². The van der Waals surface area contributed by atoms with Crippen molar-refractivity contribution in [2.75, 3.05) is 12.3 Å². The first-order valence-corrected chi connectivity index (χ1v) is 11.7. The highest BCUT2D eigenvalue weighted by Gasteiger charge is 2.48. The topological polar surface area (TPSA) is 83.4 Å². The summed E-state index contributed by atoms with van der Waals surface area (Å²) in [6, 6.07) is 3.46. The Hall–Kier alpha value is -2.37. The van der Waals surface area contributed by atoms with E-state index >= 15 is 0 Å². The highest BCUT2D eigenvalue weighted by Crippen LogP contribution is 2.38. The number of carbonyl (C=O) groups is 1. The fourth-order valence-corrected chi connectivity index (χ4v) is 6.36. The van der Waals surface area contributed by atoms with Crippen molar-refractivity contribution in [3.8, 4) is 0 Å². The summed E-state index contributed by atoms with van der Waals surface area (Å²) in [5, 5.41) is 2.40. The summed E-state index contributed by atoms with van der Waals surface area (Å²) in [5.74, 6) is -1.38. The highest BCUT2D eigenvalue weighted by molar-refractivity contribution is 7.92. The van der Waals surface area contributed by atoms with E-state index in [9.17, 15) is 26.6 Å². The normalized spacial score (nSPS) is 28.7. The van der Waals surface area contributed by atoms with Crippen LogP contribution in [0.3, 0.4) is 0 Å². The molecule has 178 valence electrons. The van der Waals surface area contributed by atoms with Crippen LogP contribution in [0.25, 0.3) is 0 Å². The van der Waals surface area contributed by atoms with Crippen molar-refractivity contribution in [3.05, 3.63) is 35.6 Å². The number of guanidine groups is 1. The van der Waals surface area contributed by atoms with Crippen LogP contribution in [0, 0.1) is 5.82 Å². The van der Waals surface area contributed by atoms with Gasteiger partial charge in [-0.25, -0.2) is 22.7 Å². The Labute approximate surface area is 184 Å². The van der Waals surface area contributed by atoms with E-state index in [-0.39, 0.29) is 30.9 Å². The van der Waals surface area contributed by atoms with Crippen LogP contribution in [0.5, 0.6) is 0 Å². The fourth-order valence-electron chi connectivity index (χ4n) is 3.67. The molecule has 1 unspecified atom stereocenters. The molecule has 7 nitrogen and oxygen atoms in total. The van der Waals surface area contributed by atoms with Gasteiger partial charge in [-0.3, -0.25) is 9.62 Å². The SMILES string of the molecule is CC(C)(C)OC(=O)NC1=N[C@](C)(c2ccccc2F)CS2(=O)=N[C@H](C(F)(F)F)CCCN12. The van der Waals surface area contributed by atoms with E-state index in [1.165, 1.54) is 25.1 Å². The molecule has 1 N–H and O–H groups in total. The number of hydrogen-bond acceptors (Lipinski definition) is 5. The Balaban J connectivity index is 2.15. The molecule has 2 heterocycles. The highest BCUT2D eigenvalue weighted by atomic mass is 32.2. The molecule has 1 aromatic rings. The van der Waals surface area contributed by atoms with Crippen molar-refractivity contribution in [3.63, 3.8) is 0 Å². The van der Waals surface area contributed by atoms with Gasteiger partial charge in [0.2, 0.25) is 5.96 Å². The molecule has 0 spiro atoms. The molecule has 32 heavy (non-hydrogen) atoms. The second-order valence-corrected chi connectivity index (χ2v) is 11.1. The van der Waals surface area contributed by atoms with Gasteiger partial charge < -0.3 is 4.74 Å². The van der Waals surface area contributed by atoms with Gasteiger partial charge in [-0.15, -0.1) is 0 Å². The predicted molar refractivity (Wildman–Crippen MR) is 112 cm³/mol. The zero-order valence-corrected chi connectivity index (χ0v) is 19.0. The molecule has 12 heteroatoms. The number of amides is 1. The number of hydrogen-bond donors (Lipinski definition) is 1. The summed E-state index contributed by atoms with van der Waals surface area (Å²) < 4.78 is 79.1. The van der Waals surface area contributed by atoms with Crippen LogP contribution in [0.4, 0.5) is 22.4 Å². The number of aliphatic imine (C=N–C) groups is 1. The smallest absolute Gasteiger partial charge is 0.414 e. The lowest BCUT2D eigenvalue weighted by Crippen LogP contribution is -2.55. The van der Waals surface area contributed by atoms with Gasteiger partial charge in [-0.1, -0.05) is 18.2 Å². The quantitative estimate of drug-likeness (QED) is 0.610. The van der Waals surface area contributed by atoms with Crippen LogP contribution in [0.1, 0.15) is 46.1 Å². The van der Waals surface area contributed by atoms with Crippen molar-refractivity contribution >= 4 is 22.0 Å². The van der Waals surface area contributed by atoms with Gasteiger partial charge in [0.25, 0.3) is 0 Å². The number of benzene rings is 1. The summed E-state index contributed by atoms with van der Waals surface area (Å²) in [7, 11) is -3.74. The number of carbonyl (C=O) groups excluding carboxylic acids is 1. The first-order valence-electron chi connectivity index (χ1n) is 10.1. The molecule has 1 aromatic carbocycles. The fraction of sp³-hybridized carbons (Fsp3) is 0.600. The molecule has 0 radical (unpaired) electrons. The number of alkyl carbamates (subject to hydrolysis) is 1. The van der Waals surface area contributed by atoms with Crippen LogP contribution in [-0.4, -0.2) is 50.7 Å². The molecular weight excluding hydrogens is 452 g/mol. The monoisotopic (exact) mass is 478 g/mol. The predicted octanol–water partition coefficient (Wildman–Crippen LogP) is 4.34. The Kier molecular flexibility index (Phi) is 6.22. The maximum atomic E-state index is 14.6. The van der Waals surface area contributed by atoms with Crippen molar-refractivity contribution in [2.45, 2.75) is 63.9 Å². The molecule has 2 aliphatic rings. The third-order valence-electron chi connectivity index (χ3n) is 4.98. The lowest BCUT2D eigenvalue weighted by atomic mass is 9.94.